The quantitative estimate of drug-likeness (QED) is 0.904. The van der Waals surface area contributed by atoms with Gasteiger partial charge in [-0.05, 0) is 59.2 Å². The van der Waals surface area contributed by atoms with E-state index in [4.69, 9.17) is 4.74 Å². The molecule has 0 heterocycles. The number of carbonyl (C=O) groups excluding carboxylic acids is 1. The summed E-state index contributed by atoms with van der Waals surface area (Å²) < 4.78 is 6.12. The zero-order valence-corrected chi connectivity index (χ0v) is 11.7. The van der Waals surface area contributed by atoms with E-state index in [0.717, 1.165) is 16.8 Å². The van der Waals surface area contributed by atoms with Crippen molar-refractivity contribution >= 4 is 22.0 Å². The van der Waals surface area contributed by atoms with Crippen molar-refractivity contribution in [2.24, 2.45) is 11.8 Å². The van der Waals surface area contributed by atoms with E-state index in [1.807, 2.05) is 18.2 Å². The van der Waals surface area contributed by atoms with Crippen LogP contribution in [0.25, 0.3) is 0 Å². The van der Waals surface area contributed by atoms with E-state index >= 15 is 0 Å². The van der Waals surface area contributed by atoms with E-state index in [0.29, 0.717) is 17.7 Å². The molecule has 3 rings (SSSR count). The monoisotopic (exact) mass is 309 g/mol. The summed E-state index contributed by atoms with van der Waals surface area (Å²) in [5.41, 5.74) is 0. The number of benzene rings is 1. The summed E-state index contributed by atoms with van der Waals surface area (Å²) in [4.78, 5) is 11.8. The van der Waals surface area contributed by atoms with Crippen molar-refractivity contribution in [1.29, 1.82) is 0 Å². The van der Waals surface area contributed by atoms with Crippen LogP contribution in [-0.4, -0.2) is 12.1 Å². The van der Waals surface area contributed by atoms with Crippen molar-refractivity contribution in [3.63, 3.8) is 0 Å². The highest BCUT2D eigenvalue weighted by molar-refractivity contribution is 9.10. The van der Waals surface area contributed by atoms with Crippen molar-refractivity contribution in [2.45, 2.75) is 31.7 Å². The second kappa shape index (κ2) is 4.92. The molecule has 2 aliphatic carbocycles. The van der Waals surface area contributed by atoms with Gasteiger partial charge in [-0.25, -0.2) is 4.79 Å². The Hall–Kier alpha value is -1.03. The third-order valence-corrected chi connectivity index (χ3v) is 4.74. The zero-order chi connectivity index (χ0) is 12.5. The Morgan fingerprint density at radius 1 is 1.28 bits per heavy atom. The van der Waals surface area contributed by atoms with Gasteiger partial charge in [0.1, 0.15) is 5.75 Å². The number of carbonyl (C=O) groups is 1. The van der Waals surface area contributed by atoms with Crippen molar-refractivity contribution < 1.29 is 9.53 Å². The van der Waals surface area contributed by atoms with Crippen molar-refractivity contribution in [3.8, 4) is 5.75 Å². The second-order valence-corrected chi connectivity index (χ2v) is 6.10. The van der Waals surface area contributed by atoms with Crippen LogP contribution in [0.4, 0.5) is 4.79 Å². The molecule has 1 N–H and O–H groups in total. The van der Waals surface area contributed by atoms with Crippen LogP contribution in [-0.2, 0) is 0 Å². The minimum Gasteiger partial charge on any atom is -0.409 e. The molecule has 2 fully saturated rings. The third kappa shape index (κ3) is 2.39. The highest BCUT2D eigenvalue weighted by Gasteiger charge is 2.40. The summed E-state index contributed by atoms with van der Waals surface area (Å²) >= 11 is 3.37. The van der Waals surface area contributed by atoms with Crippen LogP contribution in [0.15, 0.2) is 28.7 Å². The summed E-state index contributed by atoms with van der Waals surface area (Å²) in [6.07, 6.45) is 4.65. The number of para-hydroxylation sites is 1. The molecule has 2 saturated carbocycles. The first-order valence-electron chi connectivity index (χ1n) is 6.45. The smallest absolute Gasteiger partial charge is 0.409 e. The highest BCUT2D eigenvalue weighted by Crippen LogP contribution is 2.44. The average Bonchev–Trinajstić information content (AvgIpc) is 2.94. The summed E-state index contributed by atoms with van der Waals surface area (Å²) in [5, 5.41) is 3.00. The number of nitrogens with one attached hydrogen (secondary N) is 1. The molecule has 0 aromatic heterocycles. The molecule has 96 valence electrons. The number of ether oxygens (including phenoxy) is 1. The van der Waals surface area contributed by atoms with Crippen molar-refractivity contribution in [1.82, 2.24) is 5.32 Å². The van der Waals surface area contributed by atoms with E-state index in [1.165, 1.54) is 19.3 Å². The fraction of sp³-hybridized carbons (Fsp3) is 0.500. The van der Waals surface area contributed by atoms with Gasteiger partial charge in [0, 0.05) is 6.04 Å². The van der Waals surface area contributed by atoms with Crippen LogP contribution in [0.1, 0.15) is 25.7 Å². The summed E-state index contributed by atoms with van der Waals surface area (Å²) in [7, 11) is 0. The molecule has 3 nitrogen and oxygen atoms in total. The van der Waals surface area contributed by atoms with E-state index in [9.17, 15) is 4.79 Å². The van der Waals surface area contributed by atoms with E-state index in [-0.39, 0.29) is 6.09 Å². The molecule has 2 aliphatic rings. The first-order chi connectivity index (χ1) is 8.72. The lowest BCUT2D eigenvalue weighted by Crippen LogP contribution is -2.40. The number of hydrogen-bond donors (Lipinski definition) is 1. The first kappa shape index (κ1) is 12.0. The Morgan fingerprint density at radius 3 is 2.78 bits per heavy atom. The van der Waals surface area contributed by atoms with Gasteiger partial charge in [0.05, 0.1) is 4.47 Å². The topological polar surface area (TPSA) is 38.3 Å². The Bertz CT molecular complexity index is 463. The van der Waals surface area contributed by atoms with Crippen LogP contribution < -0.4 is 10.1 Å². The average molecular weight is 310 g/mol. The maximum atomic E-state index is 11.8. The first-order valence-corrected chi connectivity index (χ1v) is 7.24. The molecule has 0 saturated heterocycles. The predicted molar refractivity (Wildman–Crippen MR) is 72.5 cm³/mol. The van der Waals surface area contributed by atoms with Gasteiger partial charge in [-0.15, -0.1) is 0 Å². The second-order valence-electron chi connectivity index (χ2n) is 5.25. The SMILES string of the molecule is O=C(NC1CC2CCC1C2)Oc1ccccc1Br. The van der Waals surface area contributed by atoms with Crippen LogP contribution in [0, 0.1) is 11.8 Å². The van der Waals surface area contributed by atoms with Gasteiger partial charge in [0.2, 0.25) is 0 Å². The lowest BCUT2D eigenvalue weighted by Gasteiger charge is -2.22. The molecule has 0 radical (unpaired) electrons. The van der Waals surface area contributed by atoms with Gasteiger partial charge in [0.25, 0.3) is 0 Å². The number of hydrogen-bond acceptors (Lipinski definition) is 2. The molecule has 0 spiro atoms. The fourth-order valence-corrected chi connectivity index (χ4v) is 3.60. The summed E-state index contributed by atoms with van der Waals surface area (Å²) in [5.74, 6) is 2.06. The molecule has 18 heavy (non-hydrogen) atoms. The van der Waals surface area contributed by atoms with E-state index < -0.39 is 0 Å². The van der Waals surface area contributed by atoms with Gasteiger partial charge in [-0.1, -0.05) is 18.6 Å². The summed E-state index contributed by atoms with van der Waals surface area (Å²) in [6.45, 7) is 0. The third-order valence-electron chi connectivity index (χ3n) is 4.08. The van der Waals surface area contributed by atoms with Gasteiger partial charge >= 0.3 is 6.09 Å². The Morgan fingerprint density at radius 2 is 2.11 bits per heavy atom. The zero-order valence-electron chi connectivity index (χ0n) is 10.1. The fourth-order valence-electron chi connectivity index (χ4n) is 3.23. The van der Waals surface area contributed by atoms with E-state index in [2.05, 4.69) is 21.2 Å². The number of rotatable bonds is 2. The Balaban J connectivity index is 1.58. The maximum Gasteiger partial charge on any atom is 0.412 e. The lowest BCUT2D eigenvalue weighted by molar-refractivity contribution is 0.190. The van der Waals surface area contributed by atoms with Crippen LogP contribution in [0.2, 0.25) is 0 Å². The standard InChI is InChI=1S/C14H16BrNO2/c15-11-3-1-2-4-13(11)18-14(17)16-12-8-9-5-6-10(12)7-9/h1-4,9-10,12H,5-8H2,(H,16,17). The molecule has 0 aliphatic heterocycles. The molecule has 1 aromatic carbocycles. The summed E-state index contributed by atoms with van der Waals surface area (Å²) in [6, 6.07) is 7.71. The van der Waals surface area contributed by atoms with Crippen LogP contribution in [0.3, 0.4) is 0 Å². The van der Waals surface area contributed by atoms with Crippen LogP contribution >= 0.6 is 15.9 Å². The molecule has 4 heteroatoms. The lowest BCUT2D eigenvalue weighted by atomic mass is 9.96. The van der Waals surface area contributed by atoms with Gasteiger partial charge in [-0.2, -0.15) is 0 Å². The normalized spacial score (nSPS) is 29.3. The minimum absolute atomic E-state index is 0.318. The molecule has 1 aromatic rings. The molecular formula is C14H16BrNO2. The van der Waals surface area contributed by atoms with E-state index in [1.54, 1.807) is 6.07 Å². The van der Waals surface area contributed by atoms with Crippen molar-refractivity contribution in [3.05, 3.63) is 28.7 Å². The van der Waals surface area contributed by atoms with Crippen LogP contribution in [0.5, 0.6) is 5.75 Å². The molecule has 3 atom stereocenters. The number of amides is 1. The minimum atomic E-state index is -0.334. The largest absolute Gasteiger partial charge is 0.412 e. The van der Waals surface area contributed by atoms with Gasteiger partial charge in [0.15, 0.2) is 0 Å². The number of halogens is 1. The van der Waals surface area contributed by atoms with Gasteiger partial charge in [-0.3, -0.25) is 0 Å². The van der Waals surface area contributed by atoms with Gasteiger partial charge < -0.3 is 10.1 Å². The molecule has 3 unspecified atom stereocenters. The highest BCUT2D eigenvalue weighted by atomic mass is 79.9. The Kier molecular flexibility index (Phi) is 3.29. The molecule has 2 bridgehead atoms. The van der Waals surface area contributed by atoms with Crippen molar-refractivity contribution in [2.75, 3.05) is 0 Å². The molecular weight excluding hydrogens is 294 g/mol. The molecule has 1 amide bonds. The predicted octanol–water partition coefficient (Wildman–Crippen LogP) is 3.73. The Labute approximate surface area is 115 Å². The number of fused-ring (bicyclic) bond motifs is 2. The maximum absolute atomic E-state index is 11.8.